The van der Waals surface area contributed by atoms with E-state index >= 15 is 0 Å². The Morgan fingerprint density at radius 1 is 1.03 bits per heavy atom. The predicted octanol–water partition coefficient (Wildman–Crippen LogP) is 3.16. The summed E-state index contributed by atoms with van der Waals surface area (Å²) in [5.74, 6) is -0.455. The summed E-state index contributed by atoms with van der Waals surface area (Å²) in [5, 5.41) is 5.50. The molecule has 1 aromatic heterocycles. The van der Waals surface area contributed by atoms with Gasteiger partial charge in [0.05, 0.1) is 11.2 Å². The van der Waals surface area contributed by atoms with Gasteiger partial charge < -0.3 is 15.1 Å². The molecule has 2 aromatic carbocycles. The Hall–Kier alpha value is -3.69. The van der Waals surface area contributed by atoms with Crippen LogP contribution in [0.25, 0.3) is 6.08 Å². The number of anilines is 1. The van der Waals surface area contributed by atoms with Gasteiger partial charge in [-0.1, -0.05) is 31.2 Å². The number of hydrogen-bond donors (Lipinski definition) is 3. The number of carbonyl (C=O) groups is 2. The SMILES string of the molecule is CCNS(=O)(=O)c1ccc(/C=C/C(=O)NCc2cccc(NC(=O)c3ccco3)c2)cc1. The Kier molecular flexibility index (Phi) is 7.58. The molecule has 0 fully saturated rings. The first kappa shape index (κ1) is 23.0. The van der Waals surface area contributed by atoms with E-state index in [1.807, 2.05) is 6.07 Å². The Balaban J connectivity index is 1.53. The third-order valence-corrected chi connectivity index (χ3v) is 5.91. The minimum Gasteiger partial charge on any atom is -0.459 e. The fourth-order valence-corrected chi connectivity index (χ4v) is 3.85. The van der Waals surface area contributed by atoms with Crippen molar-refractivity contribution in [2.24, 2.45) is 0 Å². The predicted molar refractivity (Wildman–Crippen MR) is 121 cm³/mol. The number of sulfonamides is 1. The lowest BCUT2D eigenvalue weighted by atomic mass is 10.2. The van der Waals surface area contributed by atoms with E-state index in [9.17, 15) is 18.0 Å². The highest BCUT2D eigenvalue weighted by molar-refractivity contribution is 7.89. The van der Waals surface area contributed by atoms with Gasteiger partial charge in [0, 0.05) is 24.9 Å². The molecule has 0 spiro atoms. The van der Waals surface area contributed by atoms with E-state index in [2.05, 4.69) is 15.4 Å². The number of hydrogen-bond acceptors (Lipinski definition) is 5. The molecular weight excluding hydrogens is 430 g/mol. The molecule has 9 heteroatoms. The van der Waals surface area contributed by atoms with Crippen molar-refractivity contribution in [1.82, 2.24) is 10.0 Å². The lowest BCUT2D eigenvalue weighted by molar-refractivity contribution is -0.116. The highest BCUT2D eigenvalue weighted by Crippen LogP contribution is 2.13. The Morgan fingerprint density at radius 2 is 1.81 bits per heavy atom. The van der Waals surface area contributed by atoms with Crippen LogP contribution in [0.5, 0.6) is 0 Å². The van der Waals surface area contributed by atoms with E-state index in [1.165, 1.54) is 24.5 Å². The highest BCUT2D eigenvalue weighted by Gasteiger charge is 2.11. The van der Waals surface area contributed by atoms with Gasteiger partial charge in [0.25, 0.3) is 5.91 Å². The lowest BCUT2D eigenvalue weighted by Gasteiger charge is -2.07. The molecule has 0 atom stereocenters. The number of rotatable bonds is 9. The lowest BCUT2D eigenvalue weighted by Crippen LogP contribution is -2.23. The summed E-state index contributed by atoms with van der Waals surface area (Å²) in [6.07, 6.45) is 4.39. The molecule has 8 nitrogen and oxygen atoms in total. The maximum absolute atomic E-state index is 12.1. The van der Waals surface area contributed by atoms with E-state index in [1.54, 1.807) is 55.5 Å². The average molecular weight is 454 g/mol. The van der Waals surface area contributed by atoms with E-state index in [0.29, 0.717) is 17.8 Å². The van der Waals surface area contributed by atoms with E-state index in [-0.39, 0.29) is 29.0 Å². The van der Waals surface area contributed by atoms with Gasteiger partial charge in [-0.15, -0.1) is 0 Å². The van der Waals surface area contributed by atoms with Gasteiger partial charge in [-0.25, -0.2) is 13.1 Å². The zero-order chi connectivity index (χ0) is 23.0. The molecule has 32 heavy (non-hydrogen) atoms. The van der Waals surface area contributed by atoms with Gasteiger partial charge in [-0.05, 0) is 53.6 Å². The smallest absolute Gasteiger partial charge is 0.291 e. The van der Waals surface area contributed by atoms with E-state index in [4.69, 9.17) is 4.42 Å². The molecule has 1 heterocycles. The molecule has 3 N–H and O–H groups in total. The maximum atomic E-state index is 12.1. The Labute approximate surface area is 186 Å². The molecule has 2 amide bonds. The molecule has 166 valence electrons. The van der Waals surface area contributed by atoms with Crippen LogP contribution in [0, 0.1) is 0 Å². The van der Waals surface area contributed by atoms with E-state index in [0.717, 1.165) is 5.56 Å². The normalized spacial score (nSPS) is 11.4. The second-order valence-electron chi connectivity index (χ2n) is 6.75. The average Bonchev–Trinajstić information content (AvgIpc) is 3.32. The van der Waals surface area contributed by atoms with Gasteiger partial charge in [0.1, 0.15) is 0 Å². The van der Waals surface area contributed by atoms with Crippen molar-refractivity contribution in [2.75, 3.05) is 11.9 Å². The largest absolute Gasteiger partial charge is 0.459 e. The van der Waals surface area contributed by atoms with Crippen molar-refractivity contribution >= 4 is 33.6 Å². The third-order valence-electron chi connectivity index (χ3n) is 4.35. The monoisotopic (exact) mass is 453 g/mol. The molecule has 0 unspecified atom stereocenters. The summed E-state index contributed by atoms with van der Waals surface area (Å²) in [4.78, 5) is 24.4. The summed E-state index contributed by atoms with van der Waals surface area (Å²) in [5.41, 5.74) is 2.08. The zero-order valence-electron chi connectivity index (χ0n) is 17.4. The second kappa shape index (κ2) is 10.6. The van der Waals surface area contributed by atoms with Crippen molar-refractivity contribution in [2.45, 2.75) is 18.4 Å². The first-order valence-electron chi connectivity index (χ1n) is 9.87. The molecule has 0 aliphatic carbocycles. The van der Waals surface area contributed by atoms with Crippen LogP contribution in [0.15, 0.2) is 82.3 Å². The van der Waals surface area contributed by atoms with Crippen LogP contribution in [-0.4, -0.2) is 26.8 Å². The Morgan fingerprint density at radius 3 is 2.50 bits per heavy atom. The number of amides is 2. The van der Waals surface area contributed by atoms with Crippen LogP contribution >= 0.6 is 0 Å². The molecule has 0 aliphatic heterocycles. The van der Waals surface area contributed by atoms with Crippen LogP contribution in [0.2, 0.25) is 0 Å². The number of carbonyl (C=O) groups excluding carboxylic acids is 2. The highest BCUT2D eigenvalue weighted by atomic mass is 32.2. The summed E-state index contributed by atoms with van der Waals surface area (Å²) in [7, 11) is -3.51. The van der Waals surface area contributed by atoms with Crippen molar-refractivity contribution in [3.63, 3.8) is 0 Å². The van der Waals surface area contributed by atoms with Crippen LogP contribution in [-0.2, 0) is 21.4 Å². The molecule has 3 aromatic rings. The molecule has 3 rings (SSSR count). The topological polar surface area (TPSA) is 118 Å². The minimum atomic E-state index is -3.51. The second-order valence-corrected chi connectivity index (χ2v) is 8.52. The first-order valence-corrected chi connectivity index (χ1v) is 11.3. The van der Waals surface area contributed by atoms with Gasteiger partial charge in [-0.3, -0.25) is 9.59 Å². The van der Waals surface area contributed by atoms with Crippen molar-refractivity contribution in [3.8, 4) is 0 Å². The van der Waals surface area contributed by atoms with Gasteiger partial charge in [-0.2, -0.15) is 0 Å². The standard InChI is InChI=1S/C23H23N3O5S/c1-2-25-32(29,30)20-11-8-17(9-12-20)10-13-22(27)24-16-18-5-3-6-19(15-18)26-23(28)21-7-4-14-31-21/h3-15,25H,2,16H2,1H3,(H,24,27)(H,26,28)/b13-10+. The zero-order valence-corrected chi connectivity index (χ0v) is 18.2. The van der Waals surface area contributed by atoms with Crippen LogP contribution in [0.4, 0.5) is 5.69 Å². The molecule has 0 bridgehead atoms. The molecule has 0 aliphatic rings. The number of benzene rings is 2. The van der Waals surface area contributed by atoms with Gasteiger partial charge >= 0.3 is 0 Å². The Bertz CT molecular complexity index is 1200. The first-order chi connectivity index (χ1) is 15.4. The third kappa shape index (κ3) is 6.40. The molecule has 0 radical (unpaired) electrons. The number of nitrogens with one attached hydrogen (secondary N) is 3. The van der Waals surface area contributed by atoms with E-state index < -0.39 is 10.0 Å². The summed E-state index contributed by atoms with van der Waals surface area (Å²) < 4.78 is 31.4. The molecule has 0 saturated carbocycles. The van der Waals surface area contributed by atoms with Crippen molar-refractivity contribution < 1.29 is 22.4 Å². The maximum Gasteiger partial charge on any atom is 0.291 e. The van der Waals surface area contributed by atoms with Crippen molar-refractivity contribution in [3.05, 3.63) is 89.9 Å². The summed E-state index contributed by atoms with van der Waals surface area (Å²) >= 11 is 0. The summed E-state index contributed by atoms with van der Waals surface area (Å²) in [6, 6.07) is 16.5. The quantitative estimate of drug-likeness (QED) is 0.430. The van der Waals surface area contributed by atoms with Crippen LogP contribution in [0.1, 0.15) is 28.6 Å². The fraction of sp³-hybridized carbons (Fsp3) is 0.130. The molecule has 0 saturated heterocycles. The van der Waals surface area contributed by atoms with Crippen LogP contribution in [0.3, 0.4) is 0 Å². The van der Waals surface area contributed by atoms with Crippen molar-refractivity contribution in [1.29, 1.82) is 0 Å². The summed E-state index contributed by atoms with van der Waals surface area (Å²) in [6.45, 7) is 2.29. The number of furan rings is 1. The molecular formula is C23H23N3O5S. The van der Waals surface area contributed by atoms with Crippen LogP contribution < -0.4 is 15.4 Å². The van der Waals surface area contributed by atoms with Gasteiger partial charge in [0.15, 0.2) is 5.76 Å². The van der Waals surface area contributed by atoms with Gasteiger partial charge in [0.2, 0.25) is 15.9 Å². The fourth-order valence-electron chi connectivity index (χ4n) is 2.81. The minimum absolute atomic E-state index is 0.167.